The summed E-state index contributed by atoms with van der Waals surface area (Å²) in [6, 6.07) is 3.82. The molecule has 8 nitrogen and oxygen atoms in total. The van der Waals surface area contributed by atoms with Gasteiger partial charge in [-0.15, -0.1) is 0 Å². The Hall–Kier alpha value is -0.965. The van der Waals surface area contributed by atoms with Crippen LogP contribution in [0.3, 0.4) is 0 Å². The SMILES string of the molecule is C=Cc1ccncc1.[O]=[Cr](=[O])([OH])[O][Cr](=[O])(=[O])[OH]. The average molecular weight is 323 g/mol. The van der Waals surface area contributed by atoms with Crippen molar-refractivity contribution in [2.45, 2.75) is 0 Å². The maximum absolute atomic E-state index is 9.53. The van der Waals surface area contributed by atoms with Gasteiger partial charge in [0.15, 0.2) is 0 Å². The van der Waals surface area contributed by atoms with Crippen LogP contribution in [0.2, 0.25) is 0 Å². The predicted molar refractivity (Wildman–Crippen MR) is 42.6 cm³/mol. The van der Waals surface area contributed by atoms with Gasteiger partial charge >= 0.3 is 53.6 Å². The summed E-state index contributed by atoms with van der Waals surface area (Å²) < 4.78 is 56.3. The van der Waals surface area contributed by atoms with Gasteiger partial charge in [-0.05, 0) is 17.7 Å². The van der Waals surface area contributed by atoms with Crippen LogP contribution in [0.15, 0.2) is 31.1 Å². The quantitative estimate of drug-likeness (QED) is 0.798. The molecule has 0 radical (unpaired) electrons. The molecule has 0 aliphatic rings. The van der Waals surface area contributed by atoms with Gasteiger partial charge in [0.2, 0.25) is 0 Å². The molecule has 0 fully saturated rings. The van der Waals surface area contributed by atoms with Crippen LogP contribution >= 0.6 is 0 Å². The molecule has 17 heavy (non-hydrogen) atoms. The Morgan fingerprint density at radius 3 is 1.71 bits per heavy atom. The van der Waals surface area contributed by atoms with Crippen LogP contribution in [0.25, 0.3) is 6.08 Å². The molecule has 1 aromatic heterocycles. The first-order valence-corrected chi connectivity index (χ1v) is 8.09. The Morgan fingerprint density at radius 1 is 1.12 bits per heavy atom. The van der Waals surface area contributed by atoms with E-state index in [4.69, 9.17) is 8.32 Å². The number of hydrogen-bond acceptors (Lipinski definition) is 6. The molecule has 1 rings (SSSR count). The van der Waals surface area contributed by atoms with Crippen molar-refractivity contribution in [3.8, 4) is 0 Å². The summed E-state index contributed by atoms with van der Waals surface area (Å²) in [5, 5.41) is 0. The van der Waals surface area contributed by atoms with E-state index in [0.717, 1.165) is 5.56 Å². The topological polar surface area (TPSA) is 131 Å². The van der Waals surface area contributed by atoms with Gasteiger partial charge in [-0.2, -0.15) is 0 Å². The Balaban J connectivity index is 0.000000302. The molecule has 0 aromatic carbocycles. The number of hydrogen-bond donors (Lipinski definition) is 2. The van der Waals surface area contributed by atoms with E-state index in [0.29, 0.717) is 0 Å². The summed E-state index contributed by atoms with van der Waals surface area (Å²) in [4.78, 5) is 3.85. The minimum atomic E-state index is -5.76. The summed E-state index contributed by atoms with van der Waals surface area (Å²) in [6.07, 6.45) is 5.29. The molecule has 1 aromatic rings. The molecular weight excluding hydrogens is 314 g/mol. The van der Waals surface area contributed by atoms with E-state index in [-0.39, 0.29) is 0 Å². The summed E-state index contributed by atoms with van der Waals surface area (Å²) in [6.45, 7) is 3.60. The van der Waals surface area contributed by atoms with E-state index >= 15 is 0 Å². The van der Waals surface area contributed by atoms with Crippen molar-refractivity contribution in [3.05, 3.63) is 36.7 Å². The molecule has 0 unspecified atom stereocenters. The number of rotatable bonds is 3. The van der Waals surface area contributed by atoms with Crippen molar-refractivity contribution >= 4 is 6.08 Å². The van der Waals surface area contributed by atoms with E-state index in [1.54, 1.807) is 18.5 Å². The number of nitrogens with zero attached hydrogens (tertiary/aromatic N) is 1. The molecule has 0 bridgehead atoms. The molecular formula is C7H9Cr2NO7. The molecule has 0 saturated heterocycles. The van der Waals surface area contributed by atoms with Gasteiger partial charge in [-0.25, -0.2) is 0 Å². The van der Waals surface area contributed by atoms with Gasteiger partial charge < -0.3 is 0 Å². The monoisotopic (exact) mass is 323 g/mol. The zero-order chi connectivity index (χ0) is 13.5. The van der Waals surface area contributed by atoms with Crippen LogP contribution < -0.4 is 0 Å². The Kier molecular flexibility index (Phi) is 6.31. The first-order chi connectivity index (χ1) is 7.64. The van der Waals surface area contributed by atoms with Crippen molar-refractivity contribution in [1.29, 1.82) is 0 Å². The molecule has 0 amide bonds. The minimum absolute atomic E-state index is 1.11. The molecule has 0 saturated carbocycles. The van der Waals surface area contributed by atoms with Gasteiger partial charge in [0.1, 0.15) is 0 Å². The van der Waals surface area contributed by atoms with Crippen LogP contribution in [-0.2, 0) is 45.3 Å². The van der Waals surface area contributed by atoms with E-state index in [9.17, 15) is 15.2 Å². The van der Waals surface area contributed by atoms with E-state index in [2.05, 4.69) is 14.4 Å². The van der Waals surface area contributed by atoms with Crippen LogP contribution in [0, 0.1) is 0 Å². The number of pyridine rings is 1. The van der Waals surface area contributed by atoms with Crippen LogP contribution in [0.5, 0.6) is 0 Å². The second-order valence-electron chi connectivity index (χ2n) is 2.41. The molecule has 0 aliphatic carbocycles. The Bertz CT molecular complexity index is 519. The van der Waals surface area contributed by atoms with Gasteiger partial charge in [-0.1, -0.05) is 12.7 Å². The van der Waals surface area contributed by atoms with E-state index < -0.39 is 27.2 Å². The fourth-order valence-corrected chi connectivity index (χ4v) is 2.35. The molecule has 96 valence electrons. The zero-order valence-electron chi connectivity index (χ0n) is 8.29. The van der Waals surface area contributed by atoms with Crippen molar-refractivity contribution < 1.29 is 53.6 Å². The van der Waals surface area contributed by atoms with Crippen LogP contribution in [0.4, 0.5) is 0 Å². The molecule has 10 heteroatoms. The third kappa shape index (κ3) is 11.3. The first-order valence-electron chi connectivity index (χ1n) is 3.82. The Morgan fingerprint density at radius 2 is 1.53 bits per heavy atom. The predicted octanol–water partition coefficient (Wildman–Crippen LogP) is 0.0620. The van der Waals surface area contributed by atoms with Gasteiger partial charge in [0, 0.05) is 12.4 Å². The molecule has 0 atom stereocenters. The van der Waals surface area contributed by atoms with Crippen molar-refractivity contribution in [1.82, 2.24) is 4.98 Å². The molecule has 0 spiro atoms. The van der Waals surface area contributed by atoms with E-state index in [1.807, 2.05) is 12.1 Å². The standard InChI is InChI=1S/C7H7N.2Cr.2H2O.5O/c1-2-7-3-5-8-6-4-7;;;;;;;;;/h2-6H,1H2;;;2*1H2;;;;;/q;2*+1;;;;;;;/p-2. The van der Waals surface area contributed by atoms with Crippen molar-refractivity contribution in [3.63, 3.8) is 0 Å². The van der Waals surface area contributed by atoms with Gasteiger partial charge in [-0.3, -0.25) is 4.98 Å². The Labute approximate surface area is 101 Å². The third-order valence-electron chi connectivity index (χ3n) is 1.11. The van der Waals surface area contributed by atoms with Crippen LogP contribution in [0.1, 0.15) is 5.56 Å². The summed E-state index contributed by atoms with van der Waals surface area (Å²) in [5.74, 6) is 0. The zero-order valence-corrected chi connectivity index (χ0v) is 10.8. The van der Waals surface area contributed by atoms with Crippen molar-refractivity contribution in [2.75, 3.05) is 0 Å². The summed E-state index contributed by atoms with van der Waals surface area (Å²) in [7, 11) is 0. The fourth-order valence-electron chi connectivity index (χ4n) is 0.608. The molecule has 2 N–H and O–H groups in total. The average Bonchev–Trinajstić information content (AvgIpc) is 2.14. The summed E-state index contributed by atoms with van der Waals surface area (Å²) in [5.41, 5.74) is 1.11. The fraction of sp³-hybridized carbons (Fsp3) is 0. The van der Waals surface area contributed by atoms with Gasteiger partial charge in [0.25, 0.3) is 0 Å². The molecule has 1 heterocycles. The third-order valence-corrected chi connectivity index (χ3v) is 3.87. The summed E-state index contributed by atoms with van der Waals surface area (Å²) >= 11 is -11.5. The van der Waals surface area contributed by atoms with Crippen molar-refractivity contribution in [2.24, 2.45) is 0 Å². The second kappa shape index (κ2) is 6.69. The normalized spacial score (nSPS) is 11.2. The van der Waals surface area contributed by atoms with Gasteiger partial charge in [0.05, 0.1) is 0 Å². The van der Waals surface area contributed by atoms with Crippen LogP contribution in [-0.4, -0.2) is 13.3 Å². The second-order valence-corrected chi connectivity index (χ2v) is 6.17. The number of aromatic nitrogens is 1. The first kappa shape index (κ1) is 16.0. The molecule has 0 aliphatic heterocycles. The maximum atomic E-state index is 9.53. The van der Waals surface area contributed by atoms with E-state index in [1.165, 1.54) is 0 Å².